The van der Waals surface area contributed by atoms with E-state index in [1.54, 1.807) is 19.1 Å². The van der Waals surface area contributed by atoms with E-state index >= 15 is 0 Å². The molecule has 154 valence electrons. The zero-order valence-corrected chi connectivity index (χ0v) is 17.0. The fourth-order valence-electron chi connectivity index (χ4n) is 3.25. The molecule has 1 unspecified atom stereocenters. The molecule has 0 aliphatic heterocycles. The van der Waals surface area contributed by atoms with Gasteiger partial charge in [0.2, 0.25) is 0 Å². The standard InChI is InChI=1S/C20H23ClN4O4/c1-12-16(17(21)25(24-12)15-10-4-3-5-11-15)19(27)29-13(2)18(26)23-20(28)22-14-8-6-7-9-14/h3-5,10-11,13-14H,6-9H2,1-2H3,(H2,22,23,26,28). The van der Waals surface area contributed by atoms with Gasteiger partial charge in [0.05, 0.1) is 11.4 Å². The molecule has 0 radical (unpaired) electrons. The van der Waals surface area contributed by atoms with E-state index in [9.17, 15) is 14.4 Å². The van der Waals surface area contributed by atoms with Crippen LogP contribution in [0.5, 0.6) is 0 Å². The molecule has 1 aromatic carbocycles. The van der Waals surface area contributed by atoms with Gasteiger partial charge in [0.25, 0.3) is 5.91 Å². The molecule has 0 bridgehead atoms. The number of carbonyl (C=O) groups excluding carboxylic acids is 3. The molecule has 9 heteroatoms. The number of ether oxygens (including phenoxy) is 1. The summed E-state index contributed by atoms with van der Waals surface area (Å²) in [5, 5.41) is 9.31. The number of nitrogens with zero attached hydrogens (tertiary/aromatic N) is 2. The summed E-state index contributed by atoms with van der Waals surface area (Å²) in [5.74, 6) is -1.49. The lowest BCUT2D eigenvalue weighted by molar-refractivity contribution is -0.127. The number of benzene rings is 1. The Morgan fingerprint density at radius 3 is 2.52 bits per heavy atom. The van der Waals surface area contributed by atoms with Crippen molar-refractivity contribution >= 4 is 29.5 Å². The molecule has 1 aromatic heterocycles. The minimum Gasteiger partial charge on any atom is -0.449 e. The average Bonchev–Trinajstić information content (AvgIpc) is 3.29. The molecular weight excluding hydrogens is 396 g/mol. The summed E-state index contributed by atoms with van der Waals surface area (Å²) in [6.07, 6.45) is 2.74. The Bertz CT molecular complexity index is 907. The smallest absolute Gasteiger partial charge is 0.344 e. The summed E-state index contributed by atoms with van der Waals surface area (Å²) >= 11 is 6.34. The highest BCUT2D eigenvalue weighted by molar-refractivity contribution is 6.33. The average molecular weight is 419 g/mol. The first-order valence-electron chi connectivity index (χ1n) is 9.49. The molecular formula is C20H23ClN4O4. The highest BCUT2D eigenvalue weighted by atomic mass is 35.5. The van der Waals surface area contributed by atoms with Crippen LogP contribution in [0.2, 0.25) is 5.15 Å². The first kappa shape index (κ1) is 20.9. The summed E-state index contributed by atoms with van der Waals surface area (Å²) in [6.45, 7) is 3.02. The van der Waals surface area contributed by atoms with Gasteiger partial charge in [-0.25, -0.2) is 14.3 Å². The van der Waals surface area contributed by atoms with E-state index in [4.69, 9.17) is 16.3 Å². The number of para-hydroxylation sites is 1. The monoisotopic (exact) mass is 418 g/mol. The molecule has 1 heterocycles. The van der Waals surface area contributed by atoms with Gasteiger partial charge < -0.3 is 10.1 Å². The molecule has 2 N–H and O–H groups in total. The van der Waals surface area contributed by atoms with Crippen LogP contribution in [0.3, 0.4) is 0 Å². The fourth-order valence-corrected chi connectivity index (χ4v) is 3.60. The molecule has 0 saturated heterocycles. The second kappa shape index (κ2) is 9.09. The summed E-state index contributed by atoms with van der Waals surface area (Å²) in [7, 11) is 0. The number of urea groups is 1. The van der Waals surface area contributed by atoms with Gasteiger partial charge in [-0.15, -0.1) is 0 Å². The van der Waals surface area contributed by atoms with Gasteiger partial charge >= 0.3 is 12.0 Å². The lowest BCUT2D eigenvalue weighted by atomic mass is 10.2. The van der Waals surface area contributed by atoms with E-state index in [0.717, 1.165) is 25.7 Å². The zero-order chi connectivity index (χ0) is 21.0. The maximum atomic E-state index is 12.6. The van der Waals surface area contributed by atoms with Gasteiger partial charge in [0.1, 0.15) is 10.7 Å². The molecule has 0 spiro atoms. The first-order valence-corrected chi connectivity index (χ1v) is 9.87. The zero-order valence-electron chi connectivity index (χ0n) is 16.3. The second-order valence-electron chi connectivity index (χ2n) is 6.99. The van der Waals surface area contributed by atoms with Crippen molar-refractivity contribution in [2.45, 2.75) is 51.7 Å². The number of nitrogens with one attached hydrogen (secondary N) is 2. The van der Waals surface area contributed by atoms with Crippen LogP contribution < -0.4 is 10.6 Å². The van der Waals surface area contributed by atoms with Crippen molar-refractivity contribution in [3.63, 3.8) is 0 Å². The van der Waals surface area contributed by atoms with Crippen molar-refractivity contribution in [3.8, 4) is 5.69 Å². The van der Waals surface area contributed by atoms with Crippen LogP contribution in [-0.4, -0.2) is 39.8 Å². The van der Waals surface area contributed by atoms with Crippen molar-refractivity contribution in [1.82, 2.24) is 20.4 Å². The van der Waals surface area contributed by atoms with Crippen LogP contribution in [0.15, 0.2) is 30.3 Å². The van der Waals surface area contributed by atoms with Crippen molar-refractivity contribution in [3.05, 3.63) is 46.7 Å². The Morgan fingerprint density at radius 2 is 1.86 bits per heavy atom. The summed E-state index contributed by atoms with van der Waals surface area (Å²) in [4.78, 5) is 36.7. The van der Waals surface area contributed by atoms with E-state index in [-0.39, 0.29) is 16.8 Å². The maximum absolute atomic E-state index is 12.6. The fraction of sp³-hybridized carbons (Fsp3) is 0.400. The number of aromatic nitrogens is 2. The topological polar surface area (TPSA) is 102 Å². The van der Waals surface area contributed by atoms with Crippen molar-refractivity contribution in [2.75, 3.05) is 0 Å². The normalized spacial score (nSPS) is 15.0. The van der Waals surface area contributed by atoms with E-state index in [0.29, 0.717) is 11.4 Å². The Balaban J connectivity index is 1.62. The molecule has 8 nitrogen and oxygen atoms in total. The van der Waals surface area contributed by atoms with Gasteiger partial charge in [-0.1, -0.05) is 42.6 Å². The molecule has 2 aromatic rings. The van der Waals surface area contributed by atoms with Crippen LogP contribution in [0.25, 0.3) is 5.69 Å². The Kier molecular flexibility index (Phi) is 6.53. The van der Waals surface area contributed by atoms with E-state index < -0.39 is 24.0 Å². The Labute approximate surface area is 173 Å². The Morgan fingerprint density at radius 1 is 1.21 bits per heavy atom. The number of hydrogen-bond donors (Lipinski definition) is 2. The van der Waals surface area contributed by atoms with E-state index in [1.165, 1.54) is 11.6 Å². The quantitative estimate of drug-likeness (QED) is 0.726. The molecule has 1 aliphatic carbocycles. The SMILES string of the molecule is Cc1nn(-c2ccccc2)c(Cl)c1C(=O)OC(C)C(=O)NC(=O)NC1CCCC1. The van der Waals surface area contributed by atoms with Crippen molar-refractivity contribution < 1.29 is 19.1 Å². The number of carbonyl (C=O) groups is 3. The highest BCUT2D eigenvalue weighted by Crippen LogP contribution is 2.24. The number of imide groups is 1. The number of esters is 1. The van der Waals surface area contributed by atoms with Gasteiger partial charge in [-0.05, 0) is 38.8 Å². The largest absolute Gasteiger partial charge is 0.449 e. The first-order chi connectivity index (χ1) is 13.9. The third-order valence-electron chi connectivity index (χ3n) is 4.79. The maximum Gasteiger partial charge on any atom is 0.344 e. The van der Waals surface area contributed by atoms with Gasteiger partial charge in [-0.2, -0.15) is 5.10 Å². The lowest BCUT2D eigenvalue weighted by Crippen LogP contribution is -2.47. The lowest BCUT2D eigenvalue weighted by Gasteiger charge is -2.15. The molecule has 3 rings (SSSR count). The predicted octanol–water partition coefficient (Wildman–Crippen LogP) is 3.15. The van der Waals surface area contributed by atoms with Crippen LogP contribution in [-0.2, 0) is 9.53 Å². The van der Waals surface area contributed by atoms with Crippen molar-refractivity contribution in [1.29, 1.82) is 0 Å². The summed E-state index contributed by atoms with van der Waals surface area (Å²) in [6, 6.07) is 8.58. The predicted molar refractivity (Wildman–Crippen MR) is 107 cm³/mol. The minimum absolute atomic E-state index is 0.0746. The van der Waals surface area contributed by atoms with Crippen LogP contribution in [0.4, 0.5) is 4.79 Å². The minimum atomic E-state index is -1.17. The van der Waals surface area contributed by atoms with Gasteiger partial charge in [0, 0.05) is 6.04 Å². The molecule has 1 fully saturated rings. The molecule has 1 aliphatic rings. The molecule has 1 atom stereocenters. The molecule has 3 amide bonds. The van der Waals surface area contributed by atoms with Gasteiger partial charge in [0.15, 0.2) is 6.10 Å². The number of aryl methyl sites for hydroxylation is 1. The second-order valence-corrected chi connectivity index (χ2v) is 7.35. The number of rotatable bonds is 5. The van der Waals surface area contributed by atoms with Crippen LogP contribution >= 0.6 is 11.6 Å². The number of hydrogen-bond acceptors (Lipinski definition) is 5. The van der Waals surface area contributed by atoms with Crippen molar-refractivity contribution in [2.24, 2.45) is 0 Å². The number of amides is 3. The van der Waals surface area contributed by atoms with Crippen LogP contribution in [0, 0.1) is 6.92 Å². The third kappa shape index (κ3) is 4.95. The summed E-state index contributed by atoms with van der Waals surface area (Å²) in [5.41, 5.74) is 1.13. The number of halogens is 1. The van der Waals surface area contributed by atoms with Crippen LogP contribution in [0.1, 0.15) is 48.7 Å². The van der Waals surface area contributed by atoms with E-state index in [1.807, 2.05) is 18.2 Å². The summed E-state index contributed by atoms with van der Waals surface area (Å²) < 4.78 is 6.64. The third-order valence-corrected chi connectivity index (χ3v) is 5.14. The molecule has 1 saturated carbocycles. The molecule has 29 heavy (non-hydrogen) atoms. The van der Waals surface area contributed by atoms with Gasteiger partial charge in [-0.3, -0.25) is 10.1 Å². The Hall–Kier alpha value is -2.87. The van der Waals surface area contributed by atoms with E-state index in [2.05, 4.69) is 15.7 Å². The highest BCUT2D eigenvalue weighted by Gasteiger charge is 2.27.